The number of amides is 1. The molecule has 2 aliphatic rings. The lowest BCUT2D eigenvalue weighted by Crippen LogP contribution is -2.49. The zero-order valence-corrected chi connectivity index (χ0v) is 13.2. The van der Waals surface area contributed by atoms with Gasteiger partial charge in [0, 0.05) is 11.7 Å². The SMILES string of the molecule is CC(C)C1SCC(C(=O)O)N1C(=O)C1CCCCCC1. The Morgan fingerprint density at radius 2 is 1.75 bits per heavy atom. The zero-order valence-electron chi connectivity index (χ0n) is 12.4. The van der Waals surface area contributed by atoms with Crippen LogP contribution in [0.25, 0.3) is 0 Å². The molecule has 2 rings (SSSR count). The van der Waals surface area contributed by atoms with E-state index in [0.717, 1.165) is 25.7 Å². The zero-order chi connectivity index (χ0) is 14.7. The van der Waals surface area contributed by atoms with Gasteiger partial charge in [0.05, 0.1) is 5.37 Å². The minimum Gasteiger partial charge on any atom is -0.480 e. The molecule has 2 fully saturated rings. The van der Waals surface area contributed by atoms with Gasteiger partial charge in [-0.2, -0.15) is 0 Å². The standard InChI is InChI=1S/C15H25NO3S/c1-10(2)14-16(12(9-20-14)15(18)19)13(17)11-7-5-3-4-6-8-11/h10-12,14H,3-9H2,1-2H3,(H,18,19). The van der Waals surface area contributed by atoms with E-state index in [9.17, 15) is 14.7 Å². The molecule has 2 atom stereocenters. The molecule has 1 saturated carbocycles. The van der Waals surface area contributed by atoms with Gasteiger partial charge in [-0.1, -0.05) is 39.5 Å². The third-order valence-corrected chi connectivity index (χ3v) is 5.97. The van der Waals surface area contributed by atoms with Crippen molar-refractivity contribution in [1.82, 2.24) is 4.90 Å². The fraction of sp³-hybridized carbons (Fsp3) is 0.867. The van der Waals surface area contributed by atoms with Crippen molar-refractivity contribution in [2.75, 3.05) is 5.75 Å². The summed E-state index contributed by atoms with van der Waals surface area (Å²) in [4.78, 5) is 25.9. The number of carboxylic acids is 1. The highest BCUT2D eigenvalue weighted by molar-refractivity contribution is 8.00. The van der Waals surface area contributed by atoms with Crippen LogP contribution in [0.15, 0.2) is 0 Å². The van der Waals surface area contributed by atoms with E-state index < -0.39 is 12.0 Å². The molecule has 114 valence electrons. The molecular weight excluding hydrogens is 274 g/mol. The lowest BCUT2D eigenvalue weighted by Gasteiger charge is -2.32. The lowest BCUT2D eigenvalue weighted by atomic mass is 9.97. The molecule has 0 spiro atoms. The van der Waals surface area contributed by atoms with Crippen LogP contribution in [0.4, 0.5) is 0 Å². The van der Waals surface area contributed by atoms with E-state index in [0.29, 0.717) is 11.7 Å². The Balaban J connectivity index is 2.15. The summed E-state index contributed by atoms with van der Waals surface area (Å²) in [5.74, 6) is 0.0837. The summed E-state index contributed by atoms with van der Waals surface area (Å²) in [5, 5.41) is 9.40. The number of carbonyl (C=O) groups excluding carboxylic acids is 1. The van der Waals surface area contributed by atoms with E-state index in [-0.39, 0.29) is 17.2 Å². The number of hydrogen-bond donors (Lipinski definition) is 1. The first-order chi connectivity index (χ1) is 9.52. The van der Waals surface area contributed by atoms with Crippen molar-refractivity contribution in [3.63, 3.8) is 0 Å². The third kappa shape index (κ3) is 3.30. The Bertz CT molecular complexity index is 364. The van der Waals surface area contributed by atoms with E-state index in [2.05, 4.69) is 13.8 Å². The van der Waals surface area contributed by atoms with Crippen molar-refractivity contribution in [2.24, 2.45) is 11.8 Å². The minimum atomic E-state index is -0.859. The summed E-state index contributed by atoms with van der Waals surface area (Å²) in [6, 6.07) is -0.636. The summed E-state index contributed by atoms with van der Waals surface area (Å²) < 4.78 is 0. The molecular formula is C15H25NO3S. The molecule has 1 amide bonds. The van der Waals surface area contributed by atoms with Gasteiger partial charge < -0.3 is 10.0 Å². The van der Waals surface area contributed by atoms with Gasteiger partial charge in [0.25, 0.3) is 0 Å². The first-order valence-electron chi connectivity index (χ1n) is 7.69. The molecule has 5 heteroatoms. The fourth-order valence-electron chi connectivity index (χ4n) is 3.25. The van der Waals surface area contributed by atoms with Crippen LogP contribution in [0.5, 0.6) is 0 Å². The van der Waals surface area contributed by atoms with Crippen molar-refractivity contribution >= 4 is 23.6 Å². The summed E-state index contributed by atoms with van der Waals surface area (Å²) in [5.41, 5.74) is 0. The second-order valence-corrected chi connectivity index (χ2v) is 7.41. The summed E-state index contributed by atoms with van der Waals surface area (Å²) in [7, 11) is 0. The van der Waals surface area contributed by atoms with Gasteiger partial charge >= 0.3 is 5.97 Å². The van der Waals surface area contributed by atoms with Gasteiger partial charge in [0.1, 0.15) is 6.04 Å². The fourth-order valence-corrected chi connectivity index (χ4v) is 4.73. The Hall–Kier alpha value is -0.710. The first-order valence-corrected chi connectivity index (χ1v) is 8.74. The van der Waals surface area contributed by atoms with Crippen molar-refractivity contribution in [1.29, 1.82) is 0 Å². The quantitative estimate of drug-likeness (QED) is 0.814. The van der Waals surface area contributed by atoms with E-state index in [4.69, 9.17) is 0 Å². The summed E-state index contributed by atoms with van der Waals surface area (Å²) >= 11 is 1.62. The molecule has 0 aromatic heterocycles. The summed E-state index contributed by atoms with van der Waals surface area (Å²) in [6.45, 7) is 4.13. The number of rotatable bonds is 3. The second kappa shape index (κ2) is 6.83. The molecule has 20 heavy (non-hydrogen) atoms. The number of thioether (sulfide) groups is 1. The largest absolute Gasteiger partial charge is 0.480 e. The molecule has 1 heterocycles. The van der Waals surface area contributed by atoms with Gasteiger partial charge in [-0.15, -0.1) is 11.8 Å². The molecule has 0 aromatic carbocycles. The van der Waals surface area contributed by atoms with Gasteiger partial charge in [-0.05, 0) is 18.8 Å². The van der Waals surface area contributed by atoms with Crippen LogP contribution in [0.3, 0.4) is 0 Å². The van der Waals surface area contributed by atoms with Gasteiger partial charge in [-0.3, -0.25) is 4.79 Å². The van der Waals surface area contributed by atoms with Crippen LogP contribution >= 0.6 is 11.8 Å². The predicted octanol–water partition coefficient (Wildman–Crippen LogP) is 2.97. The van der Waals surface area contributed by atoms with Crippen LogP contribution < -0.4 is 0 Å². The Morgan fingerprint density at radius 1 is 1.15 bits per heavy atom. The maximum absolute atomic E-state index is 12.8. The number of nitrogens with zero attached hydrogens (tertiary/aromatic N) is 1. The van der Waals surface area contributed by atoms with Crippen molar-refractivity contribution in [3.05, 3.63) is 0 Å². The maximum atomic E-state index is 12.8. The van der Waals surface area contributed by atoms with Crippen molar-refractivity contribution in [3.8, 4) is 0 Å². The van der Waals surface area contributed by atoms with Crippen molar-refractivity contribution in [2.45, 2.75) is 63.8 Å². The first kappa shape index (κ1) is 15.7. The van der Waals surface area contributed by atoms with E-state index in [1.807, 2.05) is 0 Å². The molecule has 0 aromatic rings. The number of carbonyl (C=O) groups is 2. The van der Waals surface area contributed by atoms with E-state index >= 15 is 0 Å². The average Bonchev–Trinajstić information content (AvgIpc) is 2.67. The van der Waals surface area contributed by atoms with Crippen molar-refractivity contribution < 1.29 is 14.7 Å². The third-order valence-electron chi connectivity index (χ3n) is 4.35. The molecule has 4 nitrogen and oxygen atoms in total. The molecule has 1 N–H and O–H groups in total. The molecule has 1 aliphatic heterocycles. The normalized spacial score (nSPS) is 28.6. The smallest absolute Gasteiger partial charge is 0.327 e. The Kier molecular flexibility index (Phi) is 5.35. The number of carboxylic acid groups (broad SMARTS) is 1. The van der Waals surface area contributed by atoms with Crippen LogP contribution in [0, 0.1) is 11.8 Å². The lowest BCUT2D eigenvalue weighted by molar-refractivity contribution is -0.151. The highest BCUT2D eigenvalue weighted by Gasteiger charge is 2.44. The molecule has 2 unspecified atom stereocenters. The molecule has 0 bridgehead atoms. The topological polar surface area (TPSA) is 57.6 Å². The number of aliphatic carboxylic acids is 1. The van der Waals surface area contributed by atoms with Crippen LogP contribution in [0.2, 0.25) is 0 Å². The Labute approximate surface area is 125 Å². The highest BCUT2D eigenvalue weighted by Crippen LogP contribution is 2.37. The van der Waals surface area contributed by atoms with Crippen LogP contribution in [0.1, 0.15) is 52.4 Å². The van der Waals surface area contributed by atoms with E-state index in [1.165, 1.54) is 12.8 Å². The molecule has 1 aliphatic carbocycles. The second-order valence-electron chi connectivity index (χ2n) is 6.26. The summed E-state index contributed by atoms with van der Waals surface area (Å²) in [6.07, 6.45) is 6.46. The maximum Gasteiger partial charge on any atom is 0.327 e. The highest BCUT2D eigenvalue weighted by atomic mass is 32.2. The average molecular weight is 299 g/mol. The van der Waals surface area contributed by atoms with Crippen LogP contribution in [-0.2, 0) is 9.59 Å². The van der Waals surface area contributed by atoms with Gasteiger partial charge in [0.2, 0.25) is 5.91 Å². The van der Waals surface area contributed by atoms with E-state index in [1.54, 1.807) is 16.7 Å². The molecule has 0 radical (unpaired) electrons. The number of hydrogen-bond acceptors (Lipinski definition) is 3. The predicted molar refractivity (Wildman–Crippen MR) is 80.5 cm³/mol. The van der Waals surface area contributed by atoms with Gasteiger partial charge in [-0.25, -0.2) is 4.79 Å². The monoisotopic (exact) mass is 299 g/mol. The van der Waals surface area contributed by atoms with Gasteiger partial charge in [0.15, 0.2) is 0 Å². The van der Waals surface area contributed by atoms with Crippen LogP contribution in [-0.4, -0.2) is 39.1 Å². The minimum absolute atomic E-state index is 0.0202. The molecule has 1 saturated heterocycles. The Morgan fingerprint density at radius 3 is 2.25 bits per heavy atom.